The molecule has 1 fully saturated rings. The summed E-state index contributed by atoms with van der Waals surface area (Å²) in [5, 5.41) is 5.78. The van der Waals surface area contributed by atoms with Crippen molar-refractivity contribution in [1.29, 1.82) is 0 Å². The smallest absolute Gasteiger partial charge is 0.315 e. The summed E-state index contributed by atoms with van der Waals surface area (Å²) in [4.78, 5) is 11.4. The summed E-state index contributed by atoms with van der Waals surface area (Å²) in [6.07, 6.45) is 7.46. The zero-order valence-electron chi connectivity index (χ0n) is 8.99. The van der Waals surface area contributed by atoms with Crippen molar-refractivity contribution in [3.05, 3.63) is 24.0 Å². The molecule has 15 heavy (non-hydrogen) atoms. The highest BCUT2D eigenvalue weighted by Crippen LogP contribution is 2.17. The van der Waals surface area contributed by atoms with Gasteiger partial charge >= 0.3 is 6.03 Å². The quantitative estimate of drug-likeness (QED) is 0.772. The molecule has 4 heteroatoms. The molecule has 0 unspecified atom stereocenters. The van der Waals surface area contributed by atoms with E-state index in [1.807, 2.05) is 30.1 Å². The van der Waals surface area contributed by atoms with Crippen molar-refractivity contribution in [3.63, 3.8) is 0 Å². The van der Waals surface area contributed by atoms with Gasteiger partial charge in [0.2, 0.25) is 0 Å². The number of carbonyl (C=O) groups is 1. The third kappa shape index (κ3) is 2.75. The van der Waals surface area contributed by atoms with Gasteiger partial charge in [-0.15, -0.1) is 0 Å². The fourth-order valence-corrected chi connectivity index (χ4v) is 1.64. The van der Waals surface area contributed by atoms with Crippen LogP contribution in [0.2, 0.25) is 0 Å². The van der Waals surface area contributed by atoms with E-state index in [0.717, 1.165) is 18.4 Å². The molecule has 2 N–H and O–H groups in total. The minimum atomic E-state index is -0.0523. The van der Waals surface area contributed by atoms with Crippen LogP contribution in [0.1, 0.15) is 24.8 Å². The van der Waals surface area contributed by atoms with Gasteiger partial charge in [0.15, 0.2) is 0 Å². The first-order valence-corrected chi connectivity index (χ1v) is 5.39. The third-order valence-electron chi connectivity index (χ3n) is 2.79. The first-order valence-electron chi connectivity index (χ1n) is 5.39. The molecule has 0 spiro atoms. The highest BCUT2D eigenvalue weighted by atomic mass is 16.2. The molecule has 0 saturated heterocycles. The summed E-state index contributed by atoms with van der Waals surface area (Å²) in [6, 6.07) is 2.35. The van der Waals surface area contributed by atoms with E-state index >= 15 is 0 Å². The molecule has 2 rings (SSSR count). The van der Waals surface area contributed by atoms with E-state index in [0.29, 0.717) is 12.6 Å². The van der Waals surface area contributed by atoms with Crippen LogP contribution in [0.25, 0.3) is 0 Å². The van der Waals surface area contributed by atoms with E-state index in [-0.39, 0.29) is 6.03 Å². The van der Waals surface area contributed by atoms with Crippen molar-refractivity contribution in [2.45, 2.75) is 31.8 Å². The predicted octanol–water partition coefficient (Wildman–Crippen LogP) is 1.38. The molecule has 1 aromatic rings. The summed E-state index contributed by atoms with van der Waals surface area (Å²) < 4.78 is 1.97. The van der Waals surface area contributed by atoms with Crippen LogP contribution in [0.5, 0.6) is 0 Å². The molecule has 0 aliphatic heterocycles. The number of nitrogens with one attached hydrogen (secondary N) is 2. The van der Waals surface area contributed by atoms with Gasteiger partial charge in [-0.25, -0.2) is 4.79 Å². The van der Waals surface area contributed by atoms with Crippen LogP contribution in [-0.2, 0) is 13.6 Å². The zero-order chi connectivity index (χ0) is 10.7. The topological polar surface area (TPSA) is 46.1 Å². The maximum atomic E-state index is 11.4. The molecule has 0 aromatic carbocycles. The average Bonchev–Trinajstić information content (AvgIpc) is 2.55. The van der Waals surface area contributed by atoms with Crippen LogP contribution >= 0.6 is 0 Å². The number of carbonyl (C=O) groups excluding carboxylic acids is 1. The van der Waals surface area contributed by atoms with E-state index in [9.17, 15) is 4.79 Å². The minimum absolute atomic E-state index is 0.0523. The maximum absolute atomic E-state index is 11.4. The second-order valence-electron chi connectivity index (χ2n) is 4.14. The number of urea groups is 1. The van der Waals surface area contributed by atoms with E-state index in [1.165, 1.54) is 6.42 Å². The lowest BCUT2D eigenvalue weighted by Gasteiger charge is -2.26. The molecule has 4 nitrogen and oxygen atoms in total. The summed E-state index contributed by atoms with van der Waals surface area (Å²) in [5.41, 5.74) is 1.13. The number of aryl methyl sites for hydroxylation is 1. The van der Waals surface area contributed by atoms with Gasteiger partial charge in [-0.3, -0.25) is 0 Å². The van der Waals surface area contributed by atoms with Crippen molar-refractivity contribution in [1.82, 2.24) is 15.2 Å². The first kappa shape index (κ1) is 10.1. The highest BCUT2D eigenvalue weighted by Gasteiger charge is 2.18. The summed E-state index contributed by atoms with van der Waals surface area (Å²) >= 11 is 0. The molecule has 0 atom stereocenters. The number of rotatable bonds is 3. The van der Waals surface area contributed by atoms with E-state index < -0.39 is 0 Å². The Morgan fingerprint density at radius 2 is 2.40 bits per heavy atom. The molecule has 82 valence electrons. The van der Waals surface area contributed by atoms with Gasteiger partial charge < -0.3 is 15.2 Å². The van der Waals surface area contributed by atoms with Gasteiger partial charge in [-0.2, -0.15) is 0 Å². The Kier molecular flexibility index (Phi) is 2.94. The van der Waals surface area contributed by atoms with Crippen LogP contribution in [-0.4, -0.2) is 16.6 Å². The Morgan fingerprint density at radius 1 is 1.60 bits per heavy atom. The number of aromatic nitrogens is 1. The lowest BCUT2D eigenvalue weighted by molar-refractivity contribution is 0.228. The van der Waals surface area contributed by atoms with Crippen LogP contribution in [0.3, 0.4) is 0 Å². The molecular weight excluding hydrogens is 190 g/mol. The second kappa shape index (κ2) is 4.38. The van der Waals surface area contributed by atoms with Gasteiger partial charge in [0.05, 0.1) is 0 Å². The molecule has 2 amide bonds. The van der Waals surface area contributed by atoms with Crippen molar-refractivity contribution in [3.8, 4) is 0 Å². The molecule has 1 heterocycles. The third-order valence-corrected chi connectivity index (χ3v) is 2.79. The monoisotopic (exact) mass is 207 g/mol. The Labute approximate surface area is 89.7 Å². The van der Waals surface area contributed by atoms with Crippen molar-refractivity contribution < 1.29 is 4.79 Å². The normalized spacial score (nSPS) is 15.8. The Morgan fingerprint density at radius 3 is 2.93 bits per heavy atom. The van der Waals surface area contributed by atoms with Crippen LogP contribution < -0.4 is 10.6 Å². The number of hydrogen-bond donors (Lipinski definition) is 2. The van der Waals surface area contributed by atoms with Gasteiger partial charge in [0.25, 0.3) is 0 Å². The minimum Gasteiger partial charge on any atom is -0.357 e. The van der Waals surface area contributed by atoms with Crippen molar-refractivity contribution >= 4 is 6.03 Å². The molecule has 1 aliphatic rings. The Bertz CT molecular complexity index is 341. The van der Waals surface area contributed by atoms with E-state index in [2.05, 4.69) is 10.6 Å². The highest BCUT2D eigenvalue weighted by molar-refractivity contribution is 5.74. The molecule has 1 saturated carbocycles. The molecule has 0 bridgehead atoms. The lowest BCUT2D eigenvalue weighted by atomic mass is 9.93. The summed E-state index contributed by atoms with van der Waals surface area (Å²) in [6.45, 7) is 0.597. The standard InChI is InChI=1S/C11H17N3O/c1-14-6-5-9(8-14)7-12-11(15)13-10-3-2-4-10/h5-6,8,10H,2-4,7H2,1H3,(H2,12,13,15). The molecule has 1 aliphatic carbocycles. The van der Waals surface area contributed by atoms with Crippen molar-refractivity contribution in [2.75, 3.05) is 0 Å². The number of amides is 2. The SMILES string of the molecule is Cn1ccc(CNC(=O)NC2CCC2)c1. The zero-order valence-corrected chi connectivity index (χ0v) is 8.99. The number of hydrogen-bond acceptors (Lipinski definition) is 1. The number of nitrogens with zero attached hydrogens (tertiary/aromatic N) is 1. The lowest BCUT2D eigenvalue weighted by Crippen LogP contribution is -2.44. The van der Waals surface area contributed by atoms with Gasteiger partial charge in [0.1, 0.15) is 0 Å². The fourth-order valence-electron chi connectivity index (χ4n) is 1.64. The molecule has 1 aromatic heterocycles. The molecule has 0 radical (unpaired) electrons. The fraction of sp³-hybridized carbons (Fsp3) is 0.545. The van der Waals surface area contributed by atoms with Gasteiger partial charge in [-0.05, 0) is 30.9 Å². The second-order valence-corrected chi connectivity index (χ2v) is 4.14. The molecular formula is C11H17N3O. The largest absolute Gasteiger partial charge is 0.357 e. The summed E-state index contributed by atoms with van der Waals surface area (Å²) in [7, 11) is 1.97. The van der Waals surface area contributed by atoms with Gasteiger partial charge in [-0.1, -0.05) is 0 Å². The van der Waals surface area contributed by atoms with Gasteiger partial charge in [0, 0.05) is 32.0 Å². The van der Waals surface area contributed by atoms with Crippen LogP contribution in [0.15, 0.2) is 18.5 Å². The maximum Gasteiger partial charge on any atom is 0.315 e. The Hall–Kier alpha value is -1.45. The Balaban J connectivity index is 1.70. The summed E-state index contributed by atoms with van der Waals surface area (Å²) in [5.74, 6) is 0. The van der Waals surface area contributed by atoms with Crippen molar-refractivity contribution in [2.24, 2.45) is 7.05 Å². The van der Waals surface area contributed by atoms with E-state index in [4.69, 9.17) is 0 Å². The van der Waals surface area contributed by atoms with Crippen LogP contribution in [0.4, 0.5) is 4.79 Å². The van der Waals surface area contributed by atoms with E-state index in [1.54, 1.807) is 0 Å². The predicted molar refractivity (Wildman–Crippen MR) is 58.4 cm³/mol. The first-order chi connectivity index (χ1) is 7.24. The van der Waals surface area contributed by atoms with Crippen LogP contribution in [0, 0.1) is 0 Å². The average molecular weight is 207 g/mol.